The van der Waals surface area contributed by atoms with Crippen molar-refractivity contribution >= 4 is 5.91 Å². The summed E-state index contributed by atoms with van der Waals surface area (Å²) < 4.78 is 0. The zero-order chi connectivity index (χ0) is 13.1. The third-order valence-electron chi connectivity index (χ3n) is 3.52. The van der Waals surface area contributed by atoms with Crippen LogP contribution in [0.2, 0.25) is 0 Å². The number of nitrogens with two attached hydrogens (primary N) is 1. The average Bonchev–Trinajstić information content (AvgIpc) is 2.39. The first-order valence-corrected chi connectivity index (χ1v) is 6.37. The Labute approximate surface area is 108 Å². The molecule has 98 valence electrons. The fourth-order valence-corrected chi connectivity index (χ4v) is 2.14. The minimum absolute atomic E-state index is 0.0342. The molecule has 1 aromatic rings. The van der Waals surface area contributed by atoms with E-state index in [4.69, 9.17) is 5.73 Å². The van der Waals surface area contributed by atoms with E-state index in [1.54, 1.807) is 0 Å². The van der Waals surface area contributed by atoms with Crippen LogP contribution in [0.3, 0.4) is 0 Å². The molecule has 2 rings (SSSR count). The number of carbonyl (C=O) groups excluding carboxylic acids is 1. The Kier molecular flexibility index (Phi) is 3.99. The summed E-state index contributed by atoms with van der Waals surface area (Å²) in [6.07, 6.45) is 0. The van der Waals surface area contributed by atoms with Crippen molar-refractivity contribution in [3.05, 3.63) is 35.4 Å². The molecule has 1 aliphatic rings. The molecule has 1 amide bonds. The molecule has 4 nitrogen and oxygen atoms in total. The number of carbonyl (C=O) groups is 1. The molecule has 0 bridgehead atoms. The molecule has 0 spiro atoms. The van der Waals surface area contributed by atoms with Gasteiger partial charge >= 0.3 is 0 Å². The highest BCUT2D eigenvalue weighted by Crippen LogP contribution is 2.15. The molecule has 4 heteroatoms. The van der Waals surface area contributed by atoms with Gasteiger partial charge in [0.25, 0.3) is 0 Å². The summed E-state index contributed by atoms with van der Waals surface area (Å²) in [5.41, 5.74) is 8.12. The molecule has 1 atom stereocenters. The second-order valence-electron chi connectivity index (χ2n) is 5.02. The highest BCUT2D eigenvalue weighted by molar-refractivity contribution is 5.83. The van der Waals surface area contributed by atoms with Crippen molar-refractivity contribution in [1.29, 1.82) is 0 Å². The first kappa shape index (κ1) is 13.1. The van der Waals surface area contributed by atoms with Crippen molar-refractivity contribution in [2.24, 2.45) is 5.73 Å². The number of nitrogens with zero attached hydrogens (tertiary/aromatic N) is 2. The van der Waals surface area contributed by atoms with Gasteiger partial charge in [0.15, 0.2) is 0 Å². The lowest BCUT2D eigenvalue weighted by Gasteiger charge is -2.34. The summed E-state index contributed by atoms with van der Waals surface area (Å²) in [5.74, 6) is 0.0342. The number of likely N-dealkylation sites (N-methyl/N-ethyl adjacent to an activating group) is 1. The van der Waals surface area contributed by atoms with Crippen molar-refractivity contribution in [2.75, 3.05) is 33.2 Å². The maximum atomic E-state index is 12.3. The largest absolute Gasteiger partial charge is 0.338 e. The molecule has 1 fully saturated rings. The van der Waals surface area contributed by atoms with Crippen LogP contribution in [0, 0.1) is 6.92 Å². The number of hydrogen-bond donors (Lipinski definition) is 1. The number of hydrogen-bond acceptors (Lipinski definition) is 3. The smallest absolute Gasteiger partial charge is 0.244 e. The van der Waals surface area contributed by atoms with E-state index in [9.17, 15) is 4.79 Å². The zero-order valence-corrected chi connectivity index (χ0v) is 11.1. The Bertz CT molecular complexity index is 408. The van der Waals surface area contributed by atoms with Crippen LogP contribution in [0.15, 0.2) is 24.3 Å². The fourth-order valence-electron chi connectivity index (χ4n) is 2.14. The number of rotatable bonds is 2. The summed E-state index contributed by atoms with van der Waals surface area (Å²) in [6, 6.07) is 7.33. The zero-order valence-electron chi connectivity index (χ0n) is 11.1. The van der Waals surface area contributed by atoms with Crippen LogP contribution in [0.1, 0.15) is 17.2 Å². The quantitative estimate of drug-likeness (QED) is 0.840. The lowest BCUT2D eigenvalue weighted by Crippen LogP contribution is -2.49. The van der Waals surface area contributed by atoms with E-state index in [-0.39, 0.29) is 5.91 Å². The summed E-state index contributed by atoms with van der Waals surface area (Å²) in [7, 11) is 2.07. The van der Waals surface area contributed by atoms with Crippen LogP contribution in [-0.4, -0.2) is 48.9 Å². The Balaban J connectivity index is 2.02. The van der Waals surface area contributed by atoms with Gasteiger partial charge in [-0.3, -0.25) is 4.79 Å². The highest BCUT2D eigenvalue weighted by Gasteiger charge is 2.24. The van der Waals surface area contributed by atoms with Gasteiger partial charge in [-0.1, -0.05) is 29.8 Å². The Morgan fingerprint density at radius 3 is 2.28 bits per heavy atom. The predicted molar refractivity (Wildman–Crippen MR) is 72.2 cm³/mol. The normalized spacial score (nSPS) is 18.7. The van der Waals surface area contributed by atoms with E-state index < -0.39 is 6.04 Å². The number of benzene rings is 1. The van der Waals surface area contributed by atoms with Crippen molar-refractivity contribution < 1.29 is 4.79 Å². The van der Waals surface area contributed by atoms with Gasteiger partial charge < -0.3 is 15.5 Å². The van der Waals surface area contributed by atoms with Crippen molar-refractivity contribution in [1.82, 2.24) is 9.80 Å². The Hall–Kier alpha value is -1.39. The second-order valence-corrected chi connectivity index (χ2v) is 5.02. The van der Waals surface area contributed by atoms with Crippen LogP contribution in [0.25, 0.3) is 0 Å². The summed E-state index contributed by atoms with van der Waals surface area (Å²) in [5, 5.41) is 0. The summed E-state index contributed by atoms with van der Waals surface area (Å²) in [4.78, 5) is 16.4. The van der Waals surface area contributed by atoms with Crippen LogP contribution in [0.5, 0.6) is 0 Å². The average molecular weight is 247 g/mol. The topological polar surface area (TPSA) is 49.6 Å². The summed E-state index contributed by atoms with van der Waals surface area (Å²) >= 11 is 0. The van der Waals surface area contributed by atoms with Gasteiger partial charge in [0.05, 0.1) is 0 Å². The first-order chi connectivity index (χ1) is 8.58. The molecule has 1 aromatic carbocycles. The third-order valence-corrected chi connectivity index (χ3v) is 3.52. The lowest BCUT2D eigenvalue weighted by atomic mass is 10.0. The van der Waals surface area contributed by atoms with Crippen molar-refractivity contribution in [2.45, 2.75) is 13.0 Å². The molecule has 0 saturated carbocycles. The molecule has 0 aliphatic carbocycles. The van der Waals surface area contributed by atoms with Crippen LogP contribution >= 0.6 is 0 Å². The van der Waals surface area contributed by atoms with Gasteiger partial charge in [0, 0.05) is 26.2 Å². The van der Waals surface area contributed by atoms with Gasteiger partial charge in [-0.05, 0) is 19.5 Å². The number of amides is 1. The van der Waals surface area contributed by atoms with E-state index in [2.05, 4.69) is 11.9 Å². The minimum Gasteiger partial charge on any atom is -0.338 e. The molecule has 1 unspecified atom stereocenters. The molecular weight excluding hydrogens is 226 g/mol. The van der Waals surface area contributed by atoms with Gasteiger partial charge in [-0.15, -0.1) is 0 Å². The second kappa shape index (κ2) is 5.50. The molecule has 0 radical (unpaired) electrons. The van der Waals surface area contributed by atoms with Gasteiger partial charge in [0.1, 0.15) is 6.04 Å². The van der Waals surface area contributed by atoms with Gasteiger partial charge in [-0.25, -0.2) is 0 Å². The molecule has 1 aliphatic heterocycles. The van der Waals surface area contributed by atoms with Crippen LogP contribution < -0.4 is 5.73 Å². The minimum atomic E-state index is -0.533. The Morgan fingerprint density at radius 2 is 1.72 bits per heavy atom. The monoisotopic (exact) mass is 247 g/mol. The SMILES string of the molecule is Cc1ccc(C(N)C(=O)N2CCN(C)CC2)cc1. The van der Waals surface area contributed by atoms with E-state index in [0.717, 1.165) is 31.7 Å². The van der Waals surface area contributed by atoms with E-state index in [1.807, 2.05) is 36.1 Å². The maximum Gasteiger partial charge on any atom is 0.244 e. The fraction of sp³-hybridized carbons (Fsp3) is 0.500. The highest BCUT2D eigenvalue weighted by atomic mass is 16.2. The molecule has 0 aromatic heterocycles. The van der Waals surface area contributed by atoms with Crippen LogP contribution in [0.4, 0.5) is 0 Å². The molecular formula is C14H21N3O. The van der Waals surface area contributed by atoms with Crippen molar-refractivity contribution in [3.63, 3.8) is 0 Å². The predicted octanol–water partition coefficient (Wildman–Crippen LogP) is 0.769. The number of piperazine rings is 1. The van der Waals surface area contributed by atoms with E-state index in [0.29, 0.717) is 0 Å². The third kappa shape index (κ3) is 2.89. The number of aryl methyl sites for hydroxylation is 1. The van der Waals surface area contributed by atoms with Gasteiger partial charge in [-0.2, -0.15) is 0 Å². The maximum absolute atomic E-state index is 12.3. The van der Waals surface area contributed by atoms with Gasteiger partial charge in [0.2, 0.25) is 5.91 Å². The van der Waals surface area contributed by atoms with Crippen molar-refractivity contribution in [3.8, 4) is 0 Å². The molecule has 1 heterocycles. The van der Waals surface area contributed by atoms with Crippen LogP contribution in [-0.2, 0) is 4.79 Å². The van der Waals surface area contributed by atoms with E-state index >= 15 is 0 Å². The molecule has 1 saturated heterocycles. The molecule has 18 heavy (non-hydrogen) atoms. The van der Waals surface area contributed by atoms with E-state index in [1.165, 1.54) is 5.56 Å². The summed E-state index contributed by atoms with van der Waals surface area (Å²) in [6.45, 7) is 5.42. The first-order valence-electron chi connectivity index (χ1n) is 6.37. The standard InChI is InChI=1S/C14H21N3O/c1-11-3-5-12(6-4-11)13(15)14(18)17-9-7-16(2)8-10-17/h3-6,13H,7-10,15H2,1-2H3. The molecule has 2 N–H and O–H groups in total. The Morgan fingerprint density at radius 1 is 1.17 bits per heavy atom. The lowest BCUT2D eigenvalue weighted by molar-refractivity contribution is -0.134.